The van der Waals surface area contributed by atoms with E-state index in [2.05, 4.69) is 9.71 Å². The number of aromatic carboxylic acids is 1. The normalized spacial score (nSPS) is 11.1. The standard InChI is InChI=1S/C13H14N2O5S/c1-8-7-9(12(14-8)13(16)17)15-21(18,19)11-6-4-3-5-10(11)20-2/h3-7,14-15H,1-2H3,(H,16,17). The van der Waals surface area contributed by atoms with Crippen LogP contribution in [0.5, 0.6) is 5.75 Å². The molecular weight excluding hydrogens is 296 g/mol. The molecule has 0 spiro atoms. The zero-order chi connectivity index (χ0) is 15.6. The molecule has 112 valence electrons. The van der Waals surface area contributed by atoms with E-state index in [0.29, 0.717) is 5.69 Å². The van der Waals surface area contributed by atoms with E-state index in [1.54, 1.807) is 19.1 Å². The van der Waals surface area contributed by atoms with Crippen LogP contribution in [0.2, 0.25) is 0 Å². The third kappa shape index (κ3) is 3.00. The number of methoxy groups -OCH3 is 1. The number of hydrogen-bond acceptors (Lipinski definition) is 4. The molecule has 2 aromatic rings. The SMILES string of the molecule is COc1ccccc1S(=O)(=O)Nc1cc(C)[nH]c1C(=O)O. The van der Waals surface area contributed by atoms with Crippen molar-refractivity contribution in [2.24, 2.45) is 0 Å². The smallest absolute Gasteiger partial charge is 0.354 e. The Labute approximate surface area is 121 Å². The minimum atomic E-state index is -3.96. The Hall–Kier alpha value is -2.48. The van der Waals surface area contributed by atoms with E-state index in [4.69, 9.17) is 9.84 Å². The molecule has 1 aromatic carbocycles. The summed E-state index contributed by atoms with van der Waals surface area (Å²) in [6, 6.07) is 7.49. The molecule has 0 fully saturated rings. The van der Waals surface area contributed by atoms with Crippen LogP contribution in [-0.2, 0) is 10.0 Å². The highest BCUT2D eigenvalue weighted by Gasteiger charge is 2.23. The Morgan fingerprint density at radius 3 is 2.62 bits per heavy atom. The number of rotatable bonds is 5. The van der Waals surface area contributed by atoms with Crippen molar-refractivity contribution in [3.05, 3.63) is 41.7 Å². The molecule has 0 radical (unpaired) electrons. The zero-order valence-electron chi connectivity index (χ0n) is 11.4. The first-order valence-electron chi connectivity index (χ1n) is 5.94. The molecule has 2 rings (SSSR count). The monoisotopic (exact) mass is 310 g/mol. The molecule has 0 unspecified atom stereocenters. The first-order chi connectivity index (χ1) is 9.85. The van der Waals surface area contributed by atoms with Crippen LogP contribution in [0.4, 0.5) is 5.69 Å². The summed E-state index contributed by atoms with van der Waals surface area (Å²) in [7, 11) is -2.60. The lowest BCUT2D eigenvalue weighted by molar-refractivity contribution is 0.0692. The Kier molecular flexibility index (Phi) is 3.90. The summed E-state index contributed by atoms with van der Waals surface area (Å²) < 4.78 is 32.0. The van der Waals surface area contributed by atoms with Crippen molar-refractivity contribution in [3.8, 4) is 5.75 Å². The Bertz CT molecular complexity index is 780. The predicted molar refractivity (Wildman–Crippen MR) is 76.3 cm³/mol. The lowest BCUT2D eigenvalue weighted by atomic mass is 10.3. The number of H-pyrrole nitrogens is 1. The Morgan fingerprint density at radius 2 is 2.00 bits per heavy atom. The van der Waals surface area contributed by atoms with Gasteiger partial charge in [-0.15, -0.1) is 0 Å². The number of aryl methyl sites for hydroxylation is 1. The molecule has 0 amide bonds. The lowest BCUT2D eigenvalue weighted by Crippen LogP contribution is -2.15. The molecule has 0 saturated carbocycles. The molecule has 0 bridgehead atoms. The van der Waals surface area contributed by atoms with Gasteiger partial charge in [-0.05, 0) is 25.1 Å². The molecule has 0 aliphatic carbocycles. The fraction of sp³-hybridized carbons (Fsp3) is 0.154. The molecule has 8 heteroatoms. The average molecular weight is 310 g/mol. The number of carbonyl (C=O) groups is 1. The maximum absolute atomic E-state index is 12.4. The van der Waals surface area contributed by atoms with Crippen molar-refractivity contribution >= 4 is 21.7 Å². The first kappa shape index (κ1) is 14.9. The first-order valence-corrected chi connectivity index (χ1v) is 7.42. The molecular formula is C13H14N2O5S. The van der Waals surface area contributed by atoms with E-state index >= 15 is 0 Å². The van der Waals surface area contributed by atoms with Gasteiger partial charge >= 0.3 is 5.97 Å². The van der Waals surface area contributed by atoms with Gasteiger partial charge in [0.15, 0.2) is 0 Å². The van der Waals surface area contributed by atoms with Crippen LogP contribution in [-0.4, -0.2) is 31.6 Å². The topological polar surface area (TPSA) is 108 Å². The van der Waals surface area contributed by atoms with Crippen molar-refractivity contribution in [1.82, 2.24) is 4.98 Å². The minimum Gasteiger partial charge on any atom is -0.495 e. The number of nitrogens with one attached hydrogen (secondary N) is 2. The molecule has 0 atom stereocenters. The van der Waals surface area contributed by atoms with Crippen molar-refractivity contribution in [3.63, 3.8) is 0 Å². The summed E-state index contributed by atoms with van der Waals surface area (Å²) in [5.74, 6) is -1.07. The second-order valence-electron chi connectivity index (χ2n) is 4.30. The molecule has 0 saturated heterocycles. The maximum Gasteiger partial charge on any atom is 0.354 e. The van der Waals surface area contributed by atoms with E-state index < -0.39 is 16.0 Å². The van der Waals surface area contributed by atoms with Gasteiger partial charge < -0.3 is 14.8 Å². The summed E-state index contributed by atoms with van der Waals surface area (Å²) in [5.41, 5.74) is 0.294. The molecule has 0 aliphatic heterocycles. The Balaban J connectivity index is 2.45. The van der Waals surface area contributed by atoms with E-state index in [-0.39, 0.29) is 22.0 Å². The van der Waals surface area contributed by atoms with Crippen molar-refractivity contribution < 1.29 is 23.1 Å². The number of sulfonamides is 1. The summed E-state index contributed by atoms with van der Waals surface area (Å²) in [6.07, 6.45) is 0. The highest BCUT2D eigenvalue weighted by Crippen LogP contribution is 2.27. The van der Waals surface area contributed by atoms with Crippen LogP contribution < -0.4 is 9.46 Å². The Morgan fingerprint density at radius 1 is 1.33 bits per heavy atom. The summed E-state index contributed by atoms with van der Waals surface area (Å²) >= 11 is 0. The number of carboxylic acids is 1. The number of aromatic nitrogens is 1. The number of benzene rings is 1. The van der Waals surface area contributed by atoms with Crippen LogP contribution in [0.15, 0.2) is 35.2 Å². The largest absolute Gasteiger partial charge is 0.495 e. The number of anilines is 1. The van der Waals surface area contributed by atoms with Gasteiger partial charge in [0.05, 0.1) is 12.8 Å². The van der Waals surface area contributed by atoms with E-state index in [0.717, 1.165) is 0 Å². The van der Waals surface area contributed by atoms with Crippen molar-refractivity contribution in [1.29, 1.82) is 0 Å². The fourth-order valence-corrected chi connectivity index (χ4v) is 3.11. The number of para-hydroxylation sites is 1. The average Bonchev–Trinajstić information content (AvgIpc) is 2.79. The third-order valence-electron chi connectivity index (χ3n) is 2.77. The number of ether oxygens (including phenoxy) is 1. The van der Waals surface area contributed by atoms with Gasteiger partial charge in [0, 0.05) is 5.69 Å². The van der Waals surface area contributed by atoms with Crippen molar-refractivity contribution in [2.45, 2.75) is 11.8 Å². The molecule has 21 heavy (non-hydrogen) atoms. The number of carboxylic acid groups (broad SMARTS) is 1. The van der Waals surface area contributed by atoms with E-state index in [1.165, 1.54) is 25.3 Å². The van der Waals surface area contributed by atoms with Crippen LogP contribution in [0.1, 0.15) is 16.2 Å². The van der Waals surface area contributed by atoms with Gasteiger partial charge in [-0.25, -0.2) is 13.2 Å². The van der Waals surface area contributed by atoms with Crippen LogP contribution >= 0.6 is 0 Å². The number of aromatic amines is 1. The molecule has 3 N–H and O–H groups in total. The lowest BCUT2D eigenvalue weighted by Gasteiger charge is -2.10. The van der Waals surface area contributed by atoms with Gasteiger partial charge in [-0.1, -0.05) is 12.1 Å². The van der Waals surface area contributed by atoms with Gasteiger partial charge in [-0.2, -0.15) is 0 Å². The fourth-order valence-electron chi connectivity index (χ4n) is 1.88. The van der Waals surface area contributed by atoms with Crippen LogP contribution in [0.25, 0.3) is 0 Å². The molecule has 1 aromatic heterocycles. The van der Waals surface area contributed by atoms with Gasteiger partial charge in [0.25, 0.3) is 10.0 Å². The highest BCUT2D eigenvalue weighted by atomic mass is 32.2. The number of hydrogen-bond donors (Lipinski definition) is 3. The summed E-state index contributed by atoms with van der Waals surface area (Å²) in [5, 5.41) is 9.06. The van der Waals surface area contributed by atoms with Gasteiger partial charge in [0.2, 0.25) is 0 Å². The molecule has 0 aliphatic rings. The van der Waals surface area contributed by atoms with Crippen molar-refractivity contribution in [2.75, 3.05) is 11.8 Å². The minimum absolute atomic E-state index is 0.0223. The van der Waals surface area contributed by atoms with E-state index in [1.807, 2.05) is 0 Å². The maximum atomic E-state index is 12.4. The summed E-state index contributed by atoms with van der Waals surface area (Å²) in [4.78, 5) is 13.6. The zero-order valence-corrected chi connectivity index (χ0v) is 12.2. The van der Waals surface area contributed by atoms with Gasteiger partial charge in [0.1, 0.15) is 16.3 Å². The molecule has 7 nitrogen and oxygen atoms in total. The van der Waals surface area contributed by atoms with Crippen LogP contribution in [0.3, 0.4) is 0 Å². The van der Waals surface area contributed by atoms with Gasteiger partial charge in [-0.3, -0.25) is 4.72 Å². The third-order valence-corrected chi connectivity index (χ3v) is 4.17. The summed E-state index contributed by atoms with van der Waals surface area (Å²) in [6.45, 7) is 1.63. The molecule has 1 heterocycles. The second kappa shape index (κ2) is 5.49. The predicted octanol–water partition coefficient (Wildman–Crippen LogP) is 1.83. The quantitative estimate of drug-likeness (QED) is 0.780. The van der Waals surface area contributed by atoms with Crippen LogP contribution in [0, 0.1) is 6.92 Å². The second-order valence-corrected chi connectivity index (χ2v) is 5.95. The van der Waals surface area contributed by atoms with E-state index in [9.17, 15) is 13.2 Å². The highest BCUT2D eigenvalue weighted by molar-refractivity contribution is 7.92.